The van der Waals surface area contributed by atoms with Crippen LogP contribution in [0, 0.1) is 0 Å². The molecule has 0 spiro atoms. The summed E-state index contributed by atoms with van der Waals surface area (Å²) < 4.78 is 0. The van der Waals surface area contributed by atoms with Crippen LogP contribution in [-0.4, -0.2) is 38.1 Å². The van der Waals surface area contributed by atoms with Crippen LogP contribution in [0.4, 0.5) is 0 Å². The Kier molecular flexibility index (Phi) is 4.78. The Balaban J connectivity index is 1.88. The van der Waals surface area contributed by atoms with Crippen molar-refractivity contribution in [2.24, 2.45) is 0 Å². The Hall–Kier alpha value is -0.610. The molecule has 1 heterocycles. The molecule has 3 N–H and O–H groups in total. The van der Waals surface area contributed by atoms with E-state index in [2.05, 4.69) is 22.9 Å². The Morgan fingerprint density at radius 1 is 1.46 bits per heavy atom. The molecule has 0 atom stereocenters. The average Bonchev–Trinajstić information content (AvgIpc) is 2.06. The summed E-state index contributed by atoms with van der Waals surface area (Å²) in [7, 11) is 0. The van der Waals surface area contributed by atoms with Crippen LogP contribution in [0.1, 0.15) is 19.8 Å². The lowest BCUT2D eigenvalue weighted by Gasteiger charge is -2.27. The van der Waals surface area contributed by atoms with Gasteiger partial charge in [0.15, 0.2) is 0 Å². The summed E-state index contributed by atoms with van der Waals surface area (Å²) in [4.78, 5) is 11.1. The van der Waals surface area contributed by atoms with E-state index < -0.39 is 0 Å². The fraction of sp³-hybridized carbons (Fsp3) is 0.889. The minimum Gasteiger partial charge on any atom is -0.356 e. The zero-order chi connectivity index (χ0) is 9.52. The van der Waals surface area contributed by atoms with Crippen LogP contribution in [0.15, 0.2) is 0 Å². The quantitative estimate of drug-likeness (QED) is 0.521. The van der Waals surface area contributed by atoms with E-state index in [1.54, 1.807) is 0 Å². The maximum Gasteiger partial charge on any atom is 0.221 e. The van der Waals surface area contributed by atoms with Gasteiger partial charge < -0.3 is 16.0 Å². The summed E-state index contributed by atoms with van der Waals surface area (Å²) in [6.45, 7) is 5.72. The van der Waals surface area contributed by atoms with Gasteiger partial charge in [-0.05, 0) is 6.42 Å². The fourth-order valence-electron chi connectivity index (χ4n) is 1.18. The average molecular weight is 185 g/mol. The standard InChI is InChI=1S/C9H19N3O/c1-2-4-12-9(13)3-5-11-8-6-10-7-8/h8,10-11H,2-7H2,1H3,(H,12,13). The van der Waals surface area contributed by atoms with Gasteiger partial charge in [0.05, 0.1) is 0 Å². The Morgan fingerprint density at radius 2 is 2.23 bits per heavy atom. The largest absolute Gasteiger partial charge is 0.356 e. The van der Waals surface area contributed by atoms with Crippen LogP contribution in [0.2, 0.25) is 0 Å². The molecule has 4 heteroatoms. The third kappa shape index (κ3) is 4.24. The Morgan fingerprint density at radius 3 is 2.77 bits per heavy atom. The minimum atomic E-state index is 0.154. The van der Waals surface area contributed by atoms with Crippen LogP contribution in [0.25, 0.3) is 0 Å². The lowest BCUT2D eigenvalue weighted by atomic mass is 10.2. The van der Waals surface area contributed by atoms with Gasteiger partial charge >= 0.3 is 0 Å². The highest BCUT2D eigenvalue weighted by Crippen LogP contribution is 1.90. The van der Waals surface area contributed by atoms with Gasteiger partial charge in [-0.15, -0.1) is 0 Å². The number of hydrogen-bond donors (Lipinski definition) is 3. The SMILES string of the molecule is CCCNC(=O)CCNC1CNC1. The van der Waals surface area contributed by atoms with Crippen LogP contribution < -0.4 is 16.0 Å². The normalized spacial score (nSPS) is 16.7. The number of hydrogen-bond acceptors (Lipinski definition) is 3. The molecule has 0 aliphatic carbocycles. The zero-order valence-electron chi connectivity index (χ0n) is 8.23. The Bertz CT molecular complexity index is 157. The molecule has 1 fully saturated rings. The van der Waals surface area contributed by atoms with Crippen LogP contribution in [0.3, 0.4) is 0 Å². The molecule has 4 nitrogen and oxygen atoms in total. The first-order valence-electron chi connectivity index (χ1n) is 5.03. The lowest BCUT2D eigenvalue weighted by molar-refractivity contribution is -0.121. The molecule has 0 aromatic carbocycles. The van der Waals surface area contributed by atoms with Crippen molar-refractivity contribution < 1.29 is 4.79 Å². The molecule has 0 aromatic rings. The van der Waals surface area contributed by atoms with Gasteiger partial charge in [-0.3, -0.25) is 4.79 Å². The summed E-state index contributed by atoms with van der Waals surface area (Å²) in [5.74, 6) is 0.154. The number of rotatable bonds is 6. The molecular formula is C9H19N3O. The predicted octanol–water partition coefficient (Wildman–Crippen LogP) is -0.536. The first-order valence-corrected chi connectivity index (χ1v) is 5.03. The van der Waals surface area contributed by atoms with Crippen LogP contribution >= 0.6 is 0 Å². The van der Waals surface area contributed by atoms with Crippen LogP contribution in [0.5, 0.6) is 0 Å². The maximum atomic E-state index is 11.1. The van der Waals surface area contributed by atoms with Crippen molar-refractivity contribution in [2.75, 3.05) is 26.2 Å². The first kappa shape index (κ1) is 10.5. The predicted molar refractivity (Wildman–Crippen MR) is 52.6 cm³/mol. The van der Waals surface area contributed by atoms with Gasteiger partial charge in [-0.25, -0.2) is 0 Å². The first-order chi connectivity index (χ1) is 6.33. The topological polar surface area (TPSA) is 53.2 Å². The summed E-state index contributed by atoms with van der Waals surface area (Å²) in [5, 5.41) is 9.32. The van der Waals surface area contributed by atoms with E-state index in [9.17, 15) is 4.79 Å². The molecule has 0 radical (unpaired) electrons. The second kappa shape index (κ2) is 5.94. The third-order valence-corrected chi connectivity index (χ3v) is 2.14. The van der Waals surface area contributed by atoms with Crippen molar-refractivity contribution in [1.29, 1.82) is 0 Å². The Labute approximate surface area is 79.5 Å². The number of amides is 1. The van der Waals surface area contributed by atoms with Gasteiger partial charge in [0.1, 0.15) is 0 Å². The smallest absolute Gasteiger partial charge is 0.221 e. The van der Waals surface area contributed by atoms with Crippen molar-refractivity contribution in [3.8, 4) is 0 Å². The second-order valence-corrected chi connectivity index (χ2v) is 3.41. The van der Waals surface area contributed by atoms with Crippen molar-refractivity contribution in [3.63, 3.8) is 0 Å². The van der Waals surface area contributed by atoms with Crippen molar-refractivity contribution in [2.45, 2.75) is 25.8 Å². The van der Waals surface area contributed by atoms with Crippen molar-refractivity contribution in [1.82, 2.24) is 16.0 Å². The van der Waals surface area contributed by atoms with E-state index in [1.807, 2.05) is 0 Å². The highest BCUT2D eigenvalue weighted by molar-refractivity contribution is 5.75. The summed E-state index contributed by atoms with van der Waals surface area (Å²) in [6, 6.07) is 0.582. The molecule has 0 bridgehead atoms. The highest BCUT2D eigenvalue weighted by atomic mass is 16.1. The van der Waals surface area contributed by atoms with E-state index in [0.717, 1.165) is 32.6 Å². The van der Waals surface area contributed by atoms with Crippen molar-refractivity contribution in [3.05, 3.63) is 0 Å². The molecule has 1 rings (SSSR count). The van der Waals surface area contributed by atoms with E-state index in [4.69, 9.17) is 0 Å². The maximum absolute atomic E-state index is 11.1. The summed E-state index contributed by atoms with van der Waals surface area (Å²) in [6.07, 6.45) is 1.60. The lowest BCUT2D eigenvalue weighted by Crippen LogP contribution is -2.55. The van der Waals surface area contributed by atoms with Gasteiger partial charge in [0, 0.05) is 38.6 Å². The highest BCUT2D eigenvalue weighted by Gasteiger charge is 2.15. The minimum absolute atomic E-state index is 0.154. The molecule has 0 aromatic heterocycles. The number of nitrogens with one attached hydrogen (secondary N) is 3. The molecule has 0 saturated carbocycles. The molecule has 76 valence electrons. The molecule has 1 saturated heterocycles. The van der Waals surface area contributed by atoms with Gasteiger partial charge in [-0.2, -0.15) is 0 Å². The second-order valence-electron chi connectivity index (χ2n) is 3.41. The summed E-state index contributed by atoms with van der Waals surface area (Å²) >= 11 is 0. The van der Waals surface area contributed by atoms with E-state index >= 15 is 0 Å². The third-order valence-electron chi connectivity index (χ3n) is 2.14. The van der Waals surface area contributed by atoms with Gasteiger partial charge in [-0.1, -0.05) is 6.92 Å². The zero-order valence-corrected chi connectivity index (χ0v) is 8.23. The summed E-state index contributed by atoms with van der Waals surface area (Å²) in [5.41, 5.74) is 0. The van der Waals surface area contributed by atoms with Crippen molar-refractivity contribution >= 4 is 5.91 Å². The van der Waals surface area contributed by atoms with Gasteiger partial charge in [0.25, 0.3) is 0 Å². The molecule has 0 unspecified atom stereocenters. The van der Waals surface area contributed by atoms with E-state index in [-0.39, 0.29) is 5.91 Å². The molecule has 1 amide bonds. The molecular weight excluding hydrogens is 166 g/mol. The molecule has 13 heavy (non-hydrogen) atoms. The molecule has 1 aliphatic heterocycles. The molecule has 1 aliphatic rings. The monoisotopic (exact) mass is 185 g/mol. The van der Waals surface area contributed by atoms with Crippen LogP contribution in [-0.2, 0) is 4.79 Å². The number of carbonyl (C=O) groups is 1. The van der Waals surface area contributed by atoms with E-state index in [1.165, 1.54) is 0 Å². The number of carbonyl (C=O) groups excluding carboxylic acids is 1. The fourth-order valence-corrected chi connectivity index (χ4v) is 1.18. The van der Waals surface area contributed by atoms with E-state index in [0.29, 0.717) is 12.5 Å². The van der Waals surface area contributed by atoms with Gasteiger partial charge in [0.2, 0.25) is 5.91 Å².